The fourth-order valence-electron chi connectivity index (χ4n) is 1.52. The Morgan fingerprint density at radius 1 is 1.29 bits per heavy atom. The second-order valence-electron chi connectivity index (χ2n) is 3.41. The fraction of sp³-hybridized carbons (Fsp3) is 0.286. The molecule has 0 bridgehead atoms. The summed E-state index contributed by atoms with van der Waals surface area (Å²) >= 11 is 0. The zero-order chi connectivity index (χ0) is 12.8. The molecule has 0 atom stereocenters. The second kappa shape index (κ2) is 5.99. The van der Waals surface area contributed by atoms with Crippen LogP contribution in [0.5, 0.6) is 0 Å². The first kappa shape index (κ1) is 13.2. The second-order valence-corrected chi connectivity index (χ2v) is 3.41. The van der Waals surface area contributed by atoms with E-state index >= 15 is 0 Å². The first-order valence-electron chi connectivity index (χ1n) is 5.82. The van der Waals surface area contributed by atoms with Gasteiger partial charge < -0.3 is 5.11 Å². The number of aryl methyl sites for hydroxylation is 1. The van der Waals surface area contributed by atoms with Crippen LogP contribution < -0.4 is 0 Å². The molecular weight excluding hydrogens is 214 g/mol. The number of fused-ring (bicyclic) bond motifs is 1. The monoisotopic (exact) mass is 231 g/mol. The number of hydrogen-bond acceptors (Lipinski definition) is 2. The van der Waals surface area contributed by atoms with Gasteiger partial charge in [-0.05, 0) is 30.2 Å². The highest BCUT2D eigenvalue weighted by atomic mass is 16.4. The van der Waals surface area contributed by atoms with E-state index in [9.17, 15) is 4.79 Å². The standard InChI is InChI=1S/C12H11NO2.C2H6/c1-2-8-3-4-11-9(5-8)6-10(7-13-11)12(14)15;1-2/h3-7H,2H2,1H3,(H,14,15);1-2H3. The number of pyridine rings is 1. The molecule has 2 rings (SSSR count). The minimum Gasteiger partial charge on any atom is -0.478 e. The Morgan fingerprint density at radius 2 is 2.00 bits per heavy atom. The van der Waals surface area contributed by atoms with E-state index in [-0.39, 0.29) is 5.56 Å². The van der Waals surface area contributed by atoms with E-state index in [4.69, 9.17) is 5.11 Å². The Kier molecular flexibility index (Phi) is 4.64. The molecular formula is C14H17NO2. The maximum absolute atomic E-state index is 10.8. The van der Waals surface area contributed by atoms with Crippen LogP contribution in [-0.4, -0.2) is 16.1 Å². The number of nitrogens with zero attached hydrogens (tertiary/aromatic N) is 1. The fourth-order valence-corrected chi connectivity index (χ4v) is 1.52. The van der Waals surface area contributed by atoms with Gasteiger partial charge in [0.1, 0.15) is 0 Å². The molecule has 3 heteroatoms. The minimum atomic E-state index is -0.939. The predicted octanol–water partition coefficient (Wildman–Crippen LogP) is 3.52. The molecule has 0 aliphatic rings. The lowest BCUT2D eigenvalue weighted by Crippen LogP contribution is -1.97. The van der Waals surface area contributed by atoms with Crippen molar-refractivity contribution in [3.8, 4) is 0 Å². The molecule has 0 saturated heterocycles. The van der Waals surface area contributed by atoms with E-state index in [1.807, 2.05) is 32.0 Å². The number of rotatable bonds is 2. The Labute approximate surface area is 101 Å². The van der Waals surface area contributed by atoms with Crippen LogP contribution in [0.3, 0.4) is 0 Å². The molecule has 1 aromatic carbocycles. The highest BCUT2D eigenvalue weighted by Crippen LogP contribution is 2.15. The normalized spacial score (nSPS) is 9.59. The molecule has 0 unspecified atom stereocenters. The third-order valence-corrected chi connectivity index (χ3v) is 2.40. The van der Waals surface area contributed by atoms with Crippen LogP contribution in [0.4, 0.5) is 0 Å². The summed E-state index contributed by atoms with van der Waals surface area (Å²) < 4.78 is 0. The molecule has 90 valence electrons. The van der Waals surface area contributed by atoms with Crippen LogP contribution in [0.1, 0.15) is 36.7 Å². The molecule has 1 N–H and O–H groups in total. The van der Waals surface area contributed by atoms with Gasteiger partial charge in [0.05, 0.1) is 11.1 Å². The number of carboxylic acid groups (broad SMARTS) is 1. The predicted molar refractivity (Wildman–Crippen MR) is 69.4 cm³/mol. The molecule has 0 saturated carbocycles. The summed E-state index contributed by atoms with van der Waals surface area (Å²) in [5.41, 5.74) is 2.25. The first-order chi connectivity index (χ1) is 8.20. The molecule has 0 spiro atoms. The van der Waals surface area contributed by atoms with Gasteiger partial charge in [-0.1, -0.05) is 26.8 Å². The van der Waals surface area contributed by atoms with Crippen LogP contribution in [0.25, 0.3) is 10.9 Å². The average Bonchev–Trinajstić information content (AvgIpc) is 2.39. The summed E-state index contributed by atoms with van der Waals surface area (Å²) in [5.74, 6) is -0.939. The van der Waals surface area contributed by atoms with E-state index < -0.39 is 5.97 Å². The Bertz CT molecular complexity index is 521. The molecule has 0 amide bonds. The van der Waals surface area contributed by atoms with Crippen molar-refractivity contribution in [1.29, 1.82) is 0 Å². The van der Waals surface area contributed by atoms with Crippen molar-refractivity contribution >= 4 is 16.9 Å². The van der Waals surface area contributed by atoms with Crippen molar-refractivity contribution in [2.75, 3.05) is 0 Å². The topological polar surface area (TPSA) is 50.2 Å². The molecule has 0 radical (unpaired) electrons. The van der Waals surface area contributed by atoms with E-state index in [0.29, 0.717) is 0 Å². The van der Waals surface area contributed by atoms with Crippen molar-refractivity contribution in [3.05, 3.63) is 41.6 Å². The van der Waals surface area contributed by atoms with Gasteiger partial charge >= 0.3 is 5.97 Å². The lowest BCUT2D eigenvalue weighted by molar-refractivity contribution is 0.0696. The first-order valence-corrected chi connectivity index (χ1v) is 5.82. The number of aromatic carboxylic acids is 1. The Hall–Kier alpha value is -1.90. The van der Waals surface area contributed by atoms with Gasteiger partial charge in [-0.3, -0.25) is 4.98 Å². The highest BCUT2D eigenvalue weighted by molar-refractivity contribution is 5.92. The molecule has 0 aliphatic heterocycles. The van der Waals surface area contributed by atoms with Gasteiger partial charge in [-0.2, -0.15) is 0 Å². The van der Waals surface area contributed by atoms with Crippen molar-refractivity contribution in [2.24, 2.45) is 0 Å². The SMILES string of the molecule is CC.CCc1ccc2ncc(C(=O)O)cc2c1. The van der Waals surface area contributed by atoms with Crippen molar-refractivity contribution in [1.82, 2.24) is 4.98 Å². The summed E-state index contributed by atoms with van der Waals surface area (Å²) in [6.07, 6.45) is 2.32. The van der Waals surface area contributed by atoms with Gasteiger partial charge in [0.15, 0.2) is 0 Å². The van der Waals surface area contributed by atoms with E-state index in [1.54, 1.807) is 6.07 Å². The summed E-state index contributed by atoms with van der Waals surface area (Å²) in [4.78, 5) is 14.9. The van der Waals surface area contributed by atoms with E-state index in [1.165, 1.54) is 11.8 Å². The molecule has 2 aromatic rings. The van der Waals surface area contributed by atoms with Gasteiger partial charge in [0.2, 0.25) is 0 Å². The minimum absolute atomic E-state index is 0.232. The largest absolute Gasteiger partial charge is 0.478 e. The number of benzene rings is 1. The Morgan fingerprint density at radius 3 is 2.59 bits per heavy atom. The maximum Gasteiger partial charge on any atom is 0.337 e. The highest BCUT2D eigenvalue weighted by Gasteiger charge is 2.04. The number of aromatic nitrogens is 1. The number of hydrogen-bond donors (Lipinski definition) is 1. The summed E-state index contributed by atoms with van der Waals surface area (Å²) in [6, 6.07) is 7.56. The van der Waals surface area contributed by atoms with Crippen LogP contribution in [0.2, 0.25) is 0 Å². The maximum atomic E-state index is 10.8. The molecule has 17 heavy (non-hydrogen) atoms. The summed E-state index contributed by atoms with van der Waals surface area (Å²) in [5, 5.41) is 9.71. The van der Waals surface area contributed by atoms with Crippen molar-refractivity contribution in [3.63, 3.8) is 0 Å². The van der Waals surface area contributed by atoms with Crippen LogP contribution in [0, 0.1) is 0 Å². The molecule has 1 aromatic heterocycles. The molecule has 1 heterocycles. The summed E-state index contributed by atoms with van der Waals surface area (Å²) in [6.45, 7) is 6.07. The van der Waals surface area contributed by atoms with Crippen LogP contribution in [-0.2, 0) is 6.42 Å². The van der Waals surface area contributed by atoms with Gasteiger partial charge in [-0.15, -0.1) is 0 Å². The lowest BCUT2D eigenvalue weighted by Gasteiger charge is -2.01. The lowest BCUT2D eigenvalue weighted by atomic mass is 10.1. The smallest absolute Gasteiger partial charge is 0.337 e. The molecule has 0 fully saturated rings. The molecule has 3 nitrogen and oxygen atoms in total. The summed E-state index contributed by atoms with van der Waals surface area (Å²) in [7, 11) is 0. The van der Waals surface area contributed by atoms with Gasteiger partial charge in [0, 0.05) is 11.6 Å². The number of carboxylic acids is 1. The Balaban J connectivity index is 0.000000686. The van der Waals surface area contributed by atoms with Crippen LogP contribution in [0.15, 0.2) is 30.5 Å². The zero-order valence-corrected chi connectivity index (χ0v) is 10.4. The average molecular weight is 231 g/mol. The van der Waals surface area contributed by atoms with E-state index in [2.05, 4.69) is 11.9 Å². The van der Waals surface area contributed by atoms with Gasteiger partial charge in [0.25, 0.3) is 0 Å². The third-order valence-electron chi connectivity index (χ3n) is 2.40. The van der Waals surface area contributed by atoms with E-state index in [0.717, 1.165) is 17.3 Å². The quantitative estimate of drug-likeness (QED) is 0.860. The zero-order valence-electron chi connectivity index (χ0n) is 10.4. The number of carbonyl (C=O) groups is 1. The van der Waals surface area contributed by atoms with Gasteiger partial charge in [-0.25, -0.2) is 4.79 Å². The van der Waals surface area contributed by atoms with Crippen molar-refractivity contribution in [2.45, 2.75) is 27.2 Å². The van der Waals surface area contributed by atoms with Crippen molar-refractivity contribution < 1.29 is 9.90 Å². The van der Waals surface area contributed by atoms with Crippen LogP contribution >= 0.6 is 0 Å². The molecule has 0 aliphatic carbocycles. The third kappa shape index (κ3) is 3.03.